The van der Waals surface area contributed by atoms with E-state index in [9.17, 15) is 9.59 Å². The van der Waals surface area contributed by atoms with E-state index in [1.54, 1.807) is 12.3 Å². The van der Waals surface area contributed by atoms with Crippen LogP contribution in [-0.4, -0.2) is 57.2 Å². The lowest BCUT2D eigenvalue weighted by Gasteiger charge is -2.27. The van der Waals surface area contributed by atoms with Crippen molar-refractivity contribution in [1.82, 2.24) is 24.8 Å². The van der Waals surface area contributed by atoms with Crippen LogP contribution < -0.4 is 10.6 Å². The third-order valence-electron chi connectivity index (χ3n) is 7.18. The van der Waals surface area contributed by atoms with Gasteiger partial charge in [-0.15, -0.1) is 0 Å². The molecular weight excluding hydrogens is 502 g/mol. The number of hydrogen-bond donors (Lipinski definition) is 3. The van der Waals surface area contributed by atoms with Crippen LogP contribution in [0.4, 0.5) is 17.2 Å². The first-order valence-electron chi connectivity index (χ1n) is 13.7. The Kier molecular flexibility index (Phi) is 8.61. The number of H-pyrrole nitrogens is 1. The molecule has 1 fully saturated rings. The van der Waals surface area contributed by atoms with Gasteiger partial charge in [0.25, 0.3) is 0 Å². The first-order valence-corrected chi connectivity index (χ1v) is 13.7. The number of nitrogens with one attached hydrogen (secondary N) is 3. The fraction of sp³-hybridized carbons (Fsp3) is 0.323. The second-order valence-electron chi connectivity index (χ2n) is 10.7. The third-order valence-corrected chi connectivity index (χ3v) is 7.18. The molecule has 1 saturated carbocycles. The molecule has 0 radical (unpaired) electrons. The first kappa shape index (κ1) is 27.2. The summed E-state index contributed by atoms with van der Waals surface area (Å²) in [6.45, 7) is 0.746. The van der Waals surface area contributed by atoms with Crippen molar-refractivity contribution < 1.29 is 9.59 Å². The molecule has 206 valence electrons. The fourth-order valence-electron chi connectivity index (χ4n) is 5.19. The Labute approximate surface area is 234 Å². The molecule has 2 unspecified atom stereocenters. The maximum absolute atomic E-state index is 13.1. The van der Waals surface area contributed by atoms with Crippen molar-refractivity contribution in [2.75, 3.05) is 31.3 Å². The van der Waals surface area contributed by atoms with E-state index in [4.69, 9.17) is 0 Å². The van der Waals surface area contributed by atoms with Crippen molar-refractivity contribution in [2.45, 2.75) is 32.1 Å². The Morgan fingerprint density at radius 1 is 1.07 bits per heavy atom. The first-order chi connectivity index (χ1) is 19.4. The summed E-state index contributed by atoms with van der Waals surface area (Å²) in [6, 6.07) is 13.5. The molecule has 2 atom stereocenters. The lowest BCUT2D eigenvalue weighted by atomic mass is 9.78. The van der Waals surface area contributed by atoms with E-state index in [0.717, 1.165) is 65.9 Å². The number of ketones is 1. The number of hydrogen-bond acceptors (Lipinski definition) is 7. The topological polar surface area (TPSA) is 116 Å². The number of pyridine rings is 1. The predicted molar refractivity (Wildman–Crippen MR) is 158 cm³/mol. The molecule has 3 aromatic heterocycles. The highest BCUT2D eigenvalue weighted by atomic mass is 16.2. The van der Waals surface area contributed by atoms with Crippen LogP contribution in [0.15, 0.2) is 73.3 Å². The van der Waals surface area contributed by atoms with Gasteiger partial charge in [0.15, 0.2) is 5.78 Å². The molecule has 5 rings (SSSR count). The summed E-state index contributed by atoms with van der Waals surface area (Å²) in [5.41, 5.74) is 4.02. The minimum Gasteiger partial charge on any atom is -0.346 e. The fourth-order valence-corrected chi connectivity index (χ4v) is 5.19. The quantitative estimate of drug-likeness (QED) is 0.226. The largest absolute Gasteiger partial charge is 0.346 e. The molecule has 1 amide bonds. The molecule has 0 spiro atoms. The van der Waals surface area contributed by atoms with Gasteiger partial charge in [-0.25, -0.2) is 15.0 Å². The summed E-state index contributed by atoms with van der Waals surface area (Å²) in [6.07, 6.45) is 12.8. The molecule has 0 saturated heterocycles. The van der Waals surface area contributed by atoms with Gasteiger partial charge in [-0.1, -0.05) is 18.6 Å². The molecule has 1 aliphatic carbocycles. The van der Waals surface area contributed by atoms with Crippen LogP contribution in [0.1, 0.15) is 32.1 Å². The molecule has 40 heavy (non-hydrogen) atoms. The van der Waals surface area contributed by atoms with Gasteiger partial charge in [0, 0.05) is 59.7 Å². The second-order valence-corrected chi connectivity index (χ2v) is 10.7. The average Bonchev–Trinajstić information content (AvgIpc) is 3.41. The molecule has 1 aromatic carbocycles. The number of likely N-dealkylation sites (N-methyl/N-ethyl adjacent to an activating group) is 1. The SMILES string of the molecule is CN(C)C/C=C/C(=O)CC1CCCC(C(=O)Nc2cccc(Nc3cc(-c4cnc5[nH]ccc5c4)ncn3)c2)C1. The average molecular weight is 538 g/mol. The minimum atomic E-state index is -0.0932. The van der Waals surface area contributed by atoms with Crippen molar-refractivity contribution in [3.05, 3.63) is 73.3 Å². The predicted octanol–water partition coefficient (Wildman–Crippen LogP) is 5.59. The highest BCUT2D eigenvalue weighted by Gasteiger charge is 2.28. The van der Waals surface area contributed by atoms with Gasteiger partial charge >= 0.3 is 0 Å². The zero-order valence-electron chi connectivity index (χ0n) is 22.9. The van der Waals surface area contributed by atoms with Crippen LogP contribution in [0, 0.1) is 11.8 Å². The van der Waals surface area contributed by atoms with Gasteiger partial charge in [-0.05, 0) is 75.7 Å². The standard InChI is InChI=1S/C31H35N7O2/c1-38(2)13-5-10-27(39)15-21-6-3-7-23(14-21)31(40)37-26-9-4-8-25(17-26)36-29-18-28(34-20-35-29)24-16-22-11-12-32-30(22)33-19-24/h4-5,8-12,16-21,23H,3,6-7,13-15H2,1-2H3,(H,32,33)(H,37,40)(H,34,35,36)/b10-5+. The van der Waals surface area contributed by atoms with Crippen LogP contribution in [0.3, 0.4) is 0 Å². The zero-order valence-corrected chi connectivity index (χ0v) is 22.9. The van der Waals surface area contributed by atoms with Crippen LogP contribution in [0.2, 0.25) is 0 Å². The molecule has 0 bridgehead atoms. The summed E-state index contributed by atoms with van der Waals surface area (Å²) >= 11 is 0. The van der Waals surface area contributed by atoms with Crippen LogP contribution in [0.5, 0.6) is 0 Å². The van der Waals surface area contributed by atoms with Crippen molar-refractivity contribution in [2.24, 2.45) is 11.8 Å². The van der Waals surface area contributed by atoms with Crippen LogP contribution in [0.25, 0.3) is 22.3 Å². The molecular formula is C31H35N7O2. The number of aromatic nitrogens is 4. The highest BCUT2D eigenvalue weighted by molar-refractivity contribution is 5.93. The number of allylic oxidation sites excluding steroid dienone is 1. The number of rotatable bonds is 10. The number of carbonyl (C=O) groups excluding carboxylic acids is 2. The van der Waals surface area contributed by atoms with Crippen molar-refractivity contribution in [3.8, 4) is 11.3 Å². The molecule has 9 heteroatoms. The number of carbonyl (C=O) groups is 2. The summed E-state index contributed by atoms with van der Waals surface area (Å²) in [4.78, 5) is 43.8. The van der Waals surface area contributed by atoms with E-state index in [2.05, 4.69) is 30.6 Å². The Bertz CT molecular complexity index is 1510. The Morgan fingerprint density at radius 2 is 1.95 bits per heavy atom. The summed E-state index contributed by atoms with van der Waals surface area (Å²) in [5.74, 6) is 0.941. The number of amides is 1. The Hall–Kier alpha value is -4.37. The number of aromatic amines is 1. The van der Waals surface area contributed by atoms with E-state index in [-0.39, 0.29) is 23.5 Å². The normalized spacial score (nSPS) is 17.4. The van der Waals surface area contributed by atoms with Crippen LogP contribution >= 0.6 is 0 Å². The van der Waals surface area contributed by atoms with E-state index >= 15 is 0 Å². The molecule has 9 nitrogen and oxygen atoms in total. The van der Waals surface area contributed by atoms with E-state index in [1.807, 2.05) is 73.7 Å². The van der Waals surface area contributed by atoms with Crippen molar-refractivity contribution >= 4 is 39.9 Å². The number of anilines is 3. The van der Waals surface area contributed by atoms with Gasteiger partial charge in [-0.2, -0.15) is 0 Å². The van der Waals surface area contributed by atoms with E-state index in [0.29, 0.717) is 12.2 Å². The van der Waals surface area contributed by atoms with Crippen LogP contribution in [-0.2, 0) is 9.59 Å². The second kappa shape index (κ2) is 12.7. The lowest BCUT2D eigenvalue weighted by Crippen LogP contribution is -2.28. The molecule has 3 heterocycles. The monoisotopic (exact) mass is 537 g/mol. The third kappa shape index (κ3) is 7.18. The van der Waals surface area contributed by atoms with Gasteiger partial charge in [0.05, 0.1) is 5.69 Å². The highest BCUT2D eigenvalue weighted by Crippen LogP contribution is 2.32. The maximum Gasteiger partial charge on any atom is 0.227 e. The summed E-state index contributed by atoms with van der Waals surface area (Å²) in [5, 5.41) is 7.41. The van der Waals surface area contributed by atoms with Gasteiger partial charge < -0.3 is 20.5 Å². The molecule has 3 N–H and O–H groups in total. The van der Waals surface area contributed by atoms with Gasteiger partial charge in [0.1, 0.15) is 17.8 Å². The van der Waals surface area contributed by atoms with Gasteiger partial charge in [0.2, 0.25) is 5.91 Å². The van der Waals surface area contributed by atoms with Crippen molar-refractivity contribution in [3.63, 3.8) is 0 Å². The molecule has 1 aliphatic rings. The Morgan fingerprint density at radius 3 is 2.83 bits per heavy atom. The number of benzene rings is 1. The maximum atomic E-state index is 13.1. The summed E-state index contributed by atoms with van der Waals surface area (Å²) in [7, 11) is 3.95. The van der Waals surface area contributed by atoms with E-state index in [1.165, 1.54) is 6.33 Å². The minimum absolute atomic E-state index is 0.00872. The van der Waals surface area contributed by atoms with E-state index < -0.39 is 0 Å². The Balaban J connectivity index is 1.19. The molecule has 4 aromatic rings. The van der Waals surface area contributed by atoms with Gasteiger partial charge in [-0.3, -0.25) is 9.59 Å². The lowest BCUT2D eigenvalue weighted by molar-refractivity contribution is -0.122. The number of nitrogens with zero attached hydrogens (tertiary/aromatic N) is 4. The molecule has 0 aliphatic heterocycles. The zero-order chi connectivity index (χ0) is 27.9. The smallest absolute Gasteiger partial charge is 0.227 e. The summed E-state index contributed by atoms with van der Waals surface area (Å²) < 4.78 is 0. The number of fused-ring (bicyclic) bond motifs is 1. The van der Waals surface area contributed by atoms with Crippen molar-refractivity contribution in [1.29, 1.82) is 0 Å².